The van der Waals surface area contributed by atoms with E-state index in [0.717, 1.165) is 12.1 Å². The lowest BCUT2D eigenvalue weighted by Crippen LogP contribution is -1.89. The molecule has 1 heterocycles. The summed E-state index contributed by atoms with van der Waals surface area (Å²) in [6.07, 6.45) is 7.40. The van der Waals surface area contributed by atoms with Crippen LogP contribution in [-0.4, -0.2) is 24.5 Å². The maximum atomic E-state index is 8.62. The van der Waals surface area contributed by atoms with Crippen molar-refractivity contribution in [2.45, 2.75) is 0 Å². The molecule has 0 aromatic rings. The lowest BCUT2D eigenvalue weighted by atomic mass is 10.3. The fourth-order valence-electron chi connectivity index (χ4n) is 0.620. The largest absolute Gasteiger partial charge is 0.392 e. The average molecular weight is 123 g/mol. The van der Waals surface area contributed by atoms with Gasteiger partial charge in [0.25, 0.3) is 0 Å². The van der Waals surface area contributed by atoms with Crippen LogP contribution in [0.2, 0.25) is 0 Å². The van der Waals surface area contributed by atoms with Crippen molar-refractivity contribution >= 4 is 6.21 Å². The predicted molar refractivity (Wildman–Crippen MR) is 37.7 cm³/mol. The first kappa shape index (κ1) is 6.23. The highest BCUT2D eigenvalue weighted by Gasteiger charge is 1.88. The topological polar surface area (TPSA) is 32.6 Å². The van der Waals surface area contributed by atoms with Gasteiger partial charge in [-0.15, -0.1) is 0 Å². The molecule has 1 aliphatic rings. The van der Waals surface area contributed by atoms with Gasteiger partial charge in [0.15, 0.2) is 0 Å². The minimum Gasteiger partial charge on any atom is -0.392 e. The van der Waals surface area contributed by atoms with Crippen LogP contribution >= 0.6 is 0 Å². The average Bonchev–Trinajstić information content (AvgIpc) is 2.13. The summed E-state index contributed by atoms with van der Waals surface area (Å²) < 4.78 is 0. The van der Waals surface area contributed by atoms with E-state index in [1.807, 2.05) is 18.2 Å². The second-order valence-corrected chi connectivity index (χ2v) is 1.82. The third kappa shape index (κ3) is 1.82. The summed E-state index contributed by atoms with van der Waals surface area (Å²) in [6.45, 7) is 0.799. The van der Waals surface area contributed by atoms with E-state index in [-0.39, 0.29) is 6.61 Å². The smallest absolute Gasteiger partial charge is 0.0696 e. The number of hydrogen-bond donors (Lipinski definition) is 1. The van der Waals surface area contributed by atoms with Gasteiger partial charge < -0.3 is 5.11 Å². The van der Waals surface area contributed by atoms with Gasteiger partial charge >= 0.3 is 0 Å². The second-order valence-electron chi connectivity index (χ2n) is 1.82. The van der Waals surface area contributed by atoms with Gasteiger partial charge in [-0.3, -0.25) is 4.99 Å². The van der Waals surface area contributed by atoms with Crippen molar-refractivity contribution in [3.8, 4) is 0 Å². The Morgan fingerprint density at radius 1 is 1.67 bits per heavy atom. The first-order chi connectivity index (χ1) is 4.43. The van der Waals surface area contributed by atoms with Gasteiger partial charge in [0.2, 0.25) is 0 Å². The Balaban J connectivity index is 2.67. The van der Waals surface area contributed by atoms with Gasteiger partial charge in [0, 0.05) is 6.21 Å². The van der Waals surface area contributed by atoms with E-state index in [4.69, 9.17) is 5.11 Å². The van der Waals surface area contributed by atoms with Crippen molar-refractivity contribution < 1.29 is 5.11 Å². The lowest BCUT2D eigenvalue weighted by Gasteiger charge is -1.88. The fraction of sp³-hybridized carbons (Fsp3) is 0.286. The molecule has 0 amide bonds. The molecule has 0 fully saturated rings. The molecule has 0 aromatic carbocycles. The third-order valence-electron chi connectivity index (χ3n) is 1.10. The van der Waals surface area contributed by atoms with E-state index in [0.29, 0.717) is 0 Å². The molecule has 0 atom stereocenters. The summed E-state index contributed by atoms with van der Waals surface area (Å²) in [6, 6.07) is 0. The molecule has 2 nitrogen and oxygen atoms in total. The van der Waals surface area contributed by atoms with Crippen LogP contribution in [0.3, 0.4) is 0 Å². The van der Waals surface area contributed by atoms with Crippen molar-refractivity contribution in [3.05, 3.63) is 23.8 Å². The van der Waals surface area contributed by atoms with E-state index in [9.17, 15) is 0 Å². The molecule has 0 radical (unpaired) electrons. The lowest BCUT2D eigenvalue weighted by molar-refractivity contribution is 0.337. The molecule has 48 valence electrons. The summed E-state index contributed by atoms with van der Waals surface area (Å²) >= 11 is 0. The molecule has 0 aliphatic carbocycles. The summed E-state index contributed by atoms with van der Waals surface area (Å²) in [5, 5.41) is 8.62. The first-order valence-electron chi connectivity index (χ1n) is 2.90. The molecule has 0 aromatic heterocycles. The Bertz CT molecular complexity index is 168. The van der Waals surface area contributed by atoms with Crippen LogP contribution in [0.5, 0.6) is 0 Å². The fourth-order valence-corrected chi connectivity index (χ4v) is 0.620. The molecule has 0 spiro atoms. The molecule has 9 heavy (non-hydrogen) atoms. The van der Waals surface area contributed by atoms with Crippen molar-refractivity contribution in [1.29, 1.82) is 0 Å². The number of nitrogens with zero attached hydrogens (tertiary/aromatic N) is 1. The number of aliphatic hydroxyl groups is 1. The Kier molecular flexibility index (Phi) is 2.22. The maximum Gasteiger partial charge on any atom is 0.0696 e. The Hall–Kier alpha value is -0.890. The highest BCUT2D eigenvalue weighted by Crippen LogP contribution is 1.93. The first-order valence-corrected chi connectivity index (χ1v) is 2.90. The molecule has 0 saturated carbocycles. The molecular weight excluding hydrogens is 114 g/mol. The monoisotopic (exact) mass is 123 g/mol. The van der Waals surface area contributed by atoms with E-state index >= 15 is 0 Å². The van der Waals surface area contributed by atoms with Crippen molar-refractivity contribution in [3.63, 3.8) is 0 Å². The van der Waals surface area contributed by atoms with Crippen LogP contribution in [0, 0.1) is 0 Å². The van der Waals surface area contributed by atoms with Gasteiger partial charge in [-0.25, -0.2) is 0 Å². The standard InChI is InChI=1S/C7H9NO/c9-6-7-3-1-2-4-8-5-7/h1-3,5,9H,4,6H2. The quantitative estimate of drug-likeness (QED) is 0.542. The van der Waals surface area contributed by atoms with Crippen LogP contribution in [0.1, 0.15) is 0 Å². The minimum atomic E-state index is 0.0772. The van der Waals surface area contributed by atoms with Crippen LogP contribution < -0.4 is 0 Å². The van der Waals surface area contributed by atoms with E-state index < -0.39 is 0 Å². The van der Waals surface area contributed by atoms with Crippen LogP contribution in [0.4, 0.5) is 0 Å². The highest BCUT2D eigenvalue weighted by molar-refractivity contribution is 5.79. The van der Waals surface area contributed by atoms with E-state index in [2.05, 4.69) is 4.99 Å². The van der Waals surface area contributed by atoms with Crippen LogP contribution in [0.25, 0.3) is 0 Å². The summed E-state index contributed by atoms with van der Waals surface area (Å²) in [5.74, 6) is 0. The van der Waals surface area contributed by atoms with Crippen LogP contribution in [-0.2, 0) is 0 Å². The Labute approximate surface area is 54.2 Å². The number of hydrogen-bond acceptors (Lipinski definition) is 2. The van der Waals surface area contributed by atoms with Gasteiger partial charge in [0.05, 0.1) is 13.2 Å². The molecule has 0 saturated heterocycles. The Morgan fingerprint density at radius 3 is 3.33 bits per heavy atom. The number of rotatable bonds is 1. The van der Waals surface area contributed by atoms with Crippen molar-refractivity contribution in [1.82, 2.24) is 0 Å². The van der Waals surface area contributed by atoms with Gasteiger partial charge in [-0.05, 0) is 5.57 Å². The van der Waals surface area contributed by atoms with Gasteiger partial charge in [-0.2, -0.15) is 0 Å². The highest BCUT2D eigenvalue weighted by atomic mass is 16.3. The number of aliphatic hydroxyl groups excluding tert-OH is 1. The number of allylic oxidation sites excluding steroid dienone is 2. The van der Waals surface area contributed by atoms with Crippen molar-refractivity contribution in [2.24, 2.45) is 4.99 Å². The molecule has 1 rings (SSSR count). The second kappa shape index (κ2) is 3.20. The number of aliphatic imine (C=N–C) groups is 1. The summed E-state index contributed by atoms with van der Waals surface area (Å²) in [5.41, 5.74) is 0.865. The third-order valence-corrected chi connectivity index (χ3v) is 1.10. The maximum absolute atomic E-state index is 8.62. The normalized spacial score (nSPS) is 17.2. The Morgan fingerprint density at radius 2 is 2.56 bits per heavy atom. The van der Waals surface area contributed by atoms with E-state index in [1.54, 1.807) is 6.21 Å². The molecule has 1 aliphatic heterocycles. The molecule has 0 unspecified atom stereocenters. The minimum absolute atomic E-state index is 0.0772. The van der Waals surface area contributed by atoms with E-state index in [1.165, 1.54) is 0 Å². The zero-order chi connectivity index (χ0) is 6.53. The summed E-state index contributed by atoms with van der Waals surface area (Å²) in [4.78, 5) is 3.98. The van der Waals surface area contributed by atoms with Crippen LogP contribution in [0.15, 0.2) is 28.8 Å². The molecular formula is C7H9NO. The zero-order valence-corrected chi connectivity index (χ0v) is 5.12. The molecule has 0 bridgehead atoms. The SMILES string of the molecule is OCC1=CC=CCN=C1. The van der Waals surface area contributed by atoms with Gasteiger partial charge in [0.1, 0.15) is 0 Å². The zero-order valence-electron chi connectivity index (χ0n) is 5.12. The molecule has 2 heteroatoms. The molecule has 1 N–H and O–H groups in total. The van der Waals surface area contributed by atoms with Crippen molar-refractivity contribution in [2.75, 3.05) is 13.2 Å². The summed E-state index contributed by atoms with van der Waals surface area (Å²) in [7, 11) is 0. The van der Waals surface area contributed by atoms with Gasteiger partial charge in [-0.1, -0.05) is 18.2 Å². The predicted octanol–water partition coefficient (Wildman–Crippen LogP) is 0.546.